The van der Waals surface area contributed by atoms with Crippen molar-refractivity contribution in [2.45, 2.75) is 37.1 Å². The highest BCUT2D eigenvalue weighted by atomic mass is 32.2. The van der Waals surface area contributed by atoms with E-state index in [9.17, 15) is 0 Å². The predicted octanol–water partition coefficient (Wildman–Crippen LogP) is 4.01. The third-order valence-corrected chi connectivity index (χ3v) is 4.05. The van der Waals surface area contributed by atoms with Crippen LogP contribution in [0.15, 0.2) is 29.2 Å². The first-order chi connectivity index (χ1) is 7.29. The number of hydrogen-bond acceptors (Lipinski definition) is 2. The van der Waals surface area contributed by atoms with Crippen LogP contribution in [0.4, 0.5) is 5.69 Å². The Bertz CT molecular complexity index is 307. The van der Waals surface area contributed by atoms with Crippen molar-refractivity contribution < 1.29 is 0 Å². The van der Waals surface area contributed by atoms with Gasteiger partial charge in [-0.25, -0.2) is 0 Å². The second-order valence-electron chi connectivity index (χ2n) is 4.39. The first-order valence-electron chi connectivity index (χ1n) is 5.70. The molecule has 1 aliphatic carbocycles. The van der Waals surface area contributed by atoms with Gasteiger partial charge in [0.2, 0.25) is 0 Å². The van der Waals surface area contributed by atoms with Crippen molar-refractivity contribution in [2.75, 3.05) is 11.6 Å². The van der Waals surface area contributed by atoms with Gasteiger partial charge in [-0.05, 0) is 49.3 Å². The number of rotatable bonds is 3. The van der Waals surface area contributed by atoms with E-state index < -0.39 is 0 Å². The van der Waals surface area contributed by atoms with Gasteiger partial charge in [-0.2, -0.15) is 0 Å². The first kappa shape index (κ1) is 10.9. The summed E-state index contributed by atoms with van der Waals surface area (Å²) in [6.07, 6.45) is 6.19. The number of hydrogen-bond donors (Lipinski definition) is 1. The average molecular weight is 221 g/mol. The summed E-state index contributed by atoms with van der Waals surface area (Å²) in [6, 6.07) is 9.44. The SMILES string of the molecule is CSc1ccc(N[C@H]2CCC[C@H]2C)cc1. The third-order valence-electron chi connectivity index (χ3n) is 3.30. The number of nitrogens with one attached hydrogen (secondary N) is 1. The van der Waals surface area contributed by atoms with Crippen molar-refractivity contribution in [3.63, 3.8) is 0 Å². The number of thioether (sulfide) groups is 1. The lowest BCUT2D eigenvalue weighted by Gasteiger charge is -2.18. The maximum absolute atomic E-state index is 3.63. The molecule has 82 valence electrons. The second kappa shape index (κ2) is 4.93. The van der Waals surface area contributed by atoms with Gasteiger partial charge in [0, 0.05) is 16.6 Å². The Balaban J connectivity index is 1.98. The van der Waals surface area contributed by atoms with E-state index in [0.29, 0.717) is 6.04 Å². The van der Waals surface area contributed by atoms with Gasteiger partial charge in [0.25, 0.3) is 0 Å². The molecule has 0 bridgehead atoms. The molecule has 1 N–H and O–H groups in total. The zero-order valence-corrected chi connectivity index (χ0v) is 10.3. The Hall–Kier alpha value is -0.630. The lowest BCUT2D eigenvalue weighted by molar-refractivity contribution is 0.556. The Labute approximate surface area is 96.7 Å². The topological polar surface area (TPSA) is 12.0 Å². The van der Waals surface area contributed by atoms with Crippen molar-refractivity contribution >= 4 is 17.4 Å². The molecule has 0 amide bonds. The Morgan fingerprint density at radius 1 is 1.20 bits per heavy atom. The highest BCUT2D eigenvalue weighted by molar-refractivity contribution is 7.98. The Morgan fingerprint density at radius 2 is 1.93 bits per heavy atom. The molecule has 0 spiro atoms. The van der Waals surface area contributed by atoms with E-state index in [4.69, 9.17) is 0 Å². The van der Waals surface area contributed by atoms with Crippen LogP contribution in [0.2, 0.25) is 0 Å². The standard InChI is InChI=1S/C13H19NS/c1-10-4-3-5-13(10)14-11-6-8-12(15-2)9-7-11/h6-10,13-14H,3-5H2,1-2H3/t10-,13+/m1/s1. The summed E-state index contributed by atoms with van der Waals surface area (Å²) < 4.78 is 0. The molecular formula is C13H19NS. The van der Waals surface area contributed by atoms with Gasteiger partial charge < -0.3 is 5.32 Å². The highest BCUT2D eigenvalue weighted by Crippen LogP contribution is 2.28. The summed E-state index contributed by atoms with van der Waals surface area (Å²) in [4.78, 5) is 1.33. The zero-order valence-electron chi connectivity index (χ0n) is 9.49. The van der Waals surface area contributed by atoms with Crippen molar-refractivity contribution in [1.29, 1.82) is 0 Å². The van der Waals surface area contributed by atoms with E-state index in [0.717, 1.165) is 5.92 Å². The van der Waals surface area contributed by atoms with E-state index in [1.54, 1.807) is 11.8 Å². The predicted molar refractivity (Wildman–Crippen MR) is 68.6 cm³/mol. The van der Waals surface area contributed by atoms with Gasteiger partial charge >= 0.3 is 0 Å². The molecule has 2 atom stereocenters. The van der Waals surface area contributed by atoms with Crippen LogP contribution in [-0.4, -0.2) is 12.3 Å². The van der Waals surface area contributed by atoms with Crippen LogP contribution in [0.3, 0.4) is 0 Å². The quantitative estimate of drug-likeness (QED) is 0.774. The van der Waals surface area contributed by atoms with Gasteiger partial charge in [0.1, 0.15) is 0 Å². The minimum atomic E-state index is 0.685. The molecule has 2 heteroatoms. The molecule has 0 radical (unpaired) electrons. The van der Waals surface area contributed by atoms with Crippen molar-refractivity contribution in [3.05, 3.63) is 24.3 Å². The van der Waals surface area contributed by atoms with Crippen LogP contribution in [-0.2, 0) is 0 Å². The van der Waals surface area contributed by atoms with E-state index in [1.807, 2.05) is 0 Å². The molecule has 0 saturated heterocycles. The van der Waals surface area contributed by atoms with Crippen LogP contribution in [0.25, 0.3) is 0 Å². The van der Waals surface area contributed by atoms with Gasteiger partial charge in [-0.1, -0.05) is 13.3 Å². The summed E-state index contributed by atoms with van der Waals surface area (Å²) in [7, 11) is 0. The lowest BCUT2D eigenvalue weighted by atomic mass is 10.1. The van der Waals surface area contributed by atoms with Gasteiger partial charge in [-0.3, -0.25) is 0 Å². The zero-order chi connectivity index (χ0) is 10.7. The van der Waals surface area contributed by atoms with Crippen molar-refractivity contribution in [1.82, 2.24) is 0 Å². The molecule has 1 aromatic rings. The molecule has 1 fully saturated rings. The fourth-order valence-electron chi connectivity index (χ4n) is 2.26. The number of anilines is 1. The molecule has 1 aromatic carbocycles. The van der Waals surface area contributed by atoms with Crippen LogP contribution in [0, 0.1) is 5.92 Å². The molecule has 1 nitrogen and oxygen atoms in total. The maximum Gasteiger partial charge on any atom is 0.0343 e. The highest BCUT2D eigenvalue weighted by Gasteiger charge is 2.22. The molecule has 1 saturated carbocycles. The third kappa shape index (κ3) is 2.69. The fraction of sp³-hybridized carbons (Fsp3) is 0.538. The normalized spacial score (nSPS) is 25.5. The molecule has 0 unspecified atom stereocenters. The largest absolute Gasteiger partial charge is 0.382 e. The fourth-order valence-corrected chi connectivity index (χ4v) is 2.67. The van der Waals surface area contributed by atoms with E-state index >= 15 is 0 Å². The van der Waals surface area contributed by atoms with Crippen LogP contribution < -0.4 is 5.32 Å². The maximum atomic E-state index is 3.63. The van der Waals surface area contributed by atoms with Gasteiger partial charge in [0.05, 0.1) is 0 Å². The molecule has 0 heterocycles. The van der Waals surface area contributed by atoms with E-state index in [-0.39, 0.29) is 0 Å². The summed E-state index contributed by atoms with van der Waals surface area (Å²) in [5.41, 5.74) is 1.27. The smallest absolute Gasteiger partial charge is 0.0343 e. The molecular weight excluding hydrogens is 202 g/mol. The number of benzene rings is 1. The molecule has 2 rings (SSSR count). The average Bonchev–Trinajstić information content (AvgIpc) is 2.66. The van der Waals surface area contributed by atoms with Crippen LogP contribution >= 0.6 is 11.8 Å². The lowest BCUT2D eigenvalue weighted by Crippen LogP contribution is -2.21. The van der Waals surface area contributed by atoms with Gasteiger partial charge in [-0.15, -0.1) is 11.8 Å². The Morgan fingerprint density at radius 3 is 2.47 bits per heavy atom. The molecule has 1 aliphatic rings. The van der Waals surface area contributed by atoms with Crippen molar-refractivity contribution in [2.24, 2.45) is 5.92 Å². The summed E-state index contributed by atoms with van der Waals surface area (Å²) >= 11 is 1.79. The van der Waals surface area contributed by atoms with E-state index in [2.05, 4.69) is 42.8 Å². The van der Waals surface area contributed by atoms with Crippen LogP contribution in [0.5, 0.6) is 0 Å². The molecule has 15 heavy (non-hydrogen) atoms. The summed E-state index contributed by atoms with van der Waals surface area (Å²) in [5.74, 6) is 0.824. The minimum absolute atomic E-state index is 0.685. The molecule has 0 aliphatic heterocycles. The van der Waals surface area contributed by atoms with Gasteiger partial charge in [0.15, 0.2) is 0 Å². The Kier molecular flexibility index (Phi) is 3.57. The van der Waals surface area contributed by atoms with E-state index in [1.165, 1.54) is 29.8 Å². The minimum Gasteiger partial charge on any atom is -0.382 e. The summed E-state index contributed by atoms with van der Waals surface area (Å²) in [5, 5.41) is 3.63. The van der Waals surface area contributed by atoms with Crippen LogP contribution in [0.1, 0.15) is 26.2 Å². The monoisotopic (exact) mass is 221 g/mol. The summed E-state index contributed by atoms with van der Waals surface area (Å²) in [6.45, 7) is 2.35. The van der Waals surface area contributed by atoms with Crippen molar-refractivity contribution in [3.8, 4) is 0 Å². The second-order valence-corrected chi connectivity index (χ2v) is 5.27. The first-order valence-corrected chi connectivity index (χ1v) is 6.92. The molecule has 0 aromatic heterocycles.